The fourth-order valence-corrected chi connectivity index (χ4v) is 2.43. The van der Waals surface area contributed by atoms with Crippen molar-refractivity contribution < 1.29 is 0 Å². The number of rotatable bonds is 8. The lowest BCUT2D eigenvalue weighted by molar-refractivity contribution is 0.654. The molecule has 1 N–H and O–H groups in total. The molecule has 1 aromatic heterocycles. The molecule has 0 spiro atoms. The third-order valence-electron chi connectivity index (χ3n) is 3.63. The fourth-order valence-electron chi connectivity index (χ4n) is 2.43. The van der Waals surface area contributed by atoms with Gasteiger partial charge in [-0.25, -0.2) is 0 Å². The summed E-state index contributed by atoms with van der Waals surface area (Å²) in [5, 5.41) is 3.51. The van der Waals surface area contributed by atoms with Gasteiger partial charge in [0.2, 0.25) is 0 Å². The first-order chi connectivity index (χ1) is 9.83. The number of benzene rings is 1. The van der Waals surface area contributed by atoms with Gasteiger partial charge < -0.3 is 9.88 Å². The van der Waals surface area contributed by atoms with Crippen molar-refractivity contribution in [2.24, 2.45) is 0 Å². The third-order valence-corrected chi connectivity index (χ3v) is 3.63. The Kier molecular flexibility index (Phi) is 5.72. The Morgan fingerprint density at radius 1 is 1.00 bits per heavy atom. The van der Waals surface area contributed by atoms with Crippen LogP contribution in [-0.2, 0) is 19.5 Å². The summed E-state index contributed by atoms with van der Waals surface area (Å²) in [7, 11) is 0. The van der Waals surface area contributed by atoms with Gasteiger partial charge in [0.15, 0.2) is 0 Å². The number of hydrogen-bond donors (Lipinski definition) is 1. The number of aryl methyl sites for hydroxylation is 2. The molecule has 0 aliphatic rings. The monoisotopic (exact) mass is 270 g/mol. The Labute approximate surface area is 122 Å². The second kappa shape index (κ2) is 7.78. The summed E-state index contributed by atoms with van der Waals surface area (Å²) in [6.07, 6.45) is 7.06. The van der Waals surface area contributed by atoms with Gasteiger partial charge in [-0.2, -0.15) is 0 Å². The van der Waals surface area contributed by atoms with E-state index in [0.717, 1.165) is 13.1 Å². The molecule has 0 saturated heterocycles. The first kappa shape index (κ1) is 14.7. The SMILES string of the molecule is CCCCc1ccc(NCc2cccn2CCC)cc1. The van der Waals surface area contributed by atoms with Crippen molar-refractivity contribution in [1.29, 1.82) is 0 Å². The molecule has 2 aromatic rings. The number of anilines is 1. The zero-order valence-electron chi connectivity index (χ0n) is 12.7. The van der Waals surface area contributed by atoms with Gasteiger partial charge >= 0.3 is 0 Å². The maximum Gasteiger partial charge on any atom is 0.0553 e. The number of hydrogen-bond acceptors (Lipinski definition) is 1. The molecule has 20 heavy (non-hydrogen) atoms. The molecule has 2 heteroatoms. The minimum Gasteiger partial charge on any atom is -0.379 e. The molecule has 0 aliphatic carbocycles. The molecule has 0 aliphatic heterocycles. The summed E-state index contributed by atoms with van der Waals surface area (Å²) in [5.74, 6) is 0. The largest absolute Gasteiger partial charge is 0.379 e. The number of nitrogens with one attached hydrogen (secondary N) is 1. The molecule has 0 bridgehead atoms. The van der Waals surface area contributed by atoms with Gasteiger partial charge in [-0.3, -0.25) is 0 Å². The maximum absolute atomic E-state index is 3.51. The van der Waals surface area contributed by atoms with Crippen molar-refractivity contribution >= 4 is 5.69 Å². The highest BCUT2D eigenvalue weighted by molar-refractivity contribution is 5.44. The Balaban J connectivity index is 1.88. The van der Waals surface area contributed by atoms with E-state index < -0.39 is 0 Å². The van der Waals surface area contributed by atoms with E-state index in [-0.39, 0.29) is 0 Å². The third kappa shape index (κ3) is 4.16. The van der Waals surface area contributed by atoms with Gasteiger partial charge in [0.1, 0.15) is 0 Å². The van der Waals surface area contributed by atoms with Crippen LogP contribution in [-0.4, -0.2) is 4.57 Å². The fraction of sp³-hybridized carbons (Fsp3) is 0.444. The summed E-state index contributed by atoms with van der Waals surface area (Å²) >= 11 is 0. The Bertz CT molecular complexity index is 496. The molecule has 0 amide bonds. The number of nitrogens with zero attached hydrogens (tertiary/aromatic N) is 1. The smallest absolute Gasteiger partial charge is 0.0553 e. The van der Waals surface area contributed by atoms with Crippen LogP contribution < -0.4 is 5.32 Å². The standard InChI is InChI=1S/C18H26N2/c1-3-5-7-16-9-11-17(12-10-16)19-15-18-8-6-14-20(18)13-4-2/h6,8-12,14,19H,3-5,7,13,15H2,1-2H3. The van der Waals surface area contributed by atoms with Crippen molar-refractivity contribution in [2.75, 3.05) is 5.32 Å². The van der Waals surface area contributed by atoms with E-state index in [1.165, 1.54) is 42.6 Å². The van der Waals surface area contributed by atoms with Crippen molar-refractivity contribution in [1.82, 2.24) is 4.57 Å². The summed E-state index contributed by atoms with van der Waals surface area (Å²) in [5.41, 5.74) is 3.99. The van der Waals surface area contributed by atoms with Crippen LogP contribution in [0, 0.1) is 0 Å². The minimum absolute atomic E-state index is 0.890. The van der Waals surface area contributed by atoms with Gasteiger partial charge in [0.05, 0.1) is 6.54 Å². The molecule has 0 saturated carbocycles. The second-order valence-electron chi connectivity index (χ2n) is 5.35. The summed E-state index contributed by atoms with van der Waals surface area (Å²) in [6.45, 7) is 6.44. The van der Waals surface area contributed by atoms with Gasteiger partial charge in [0, 0.05) is 24.1 Å². The molecule has 2 nitrogen and oxygen atoms in total. The lowest BCUT2D eigenvalue weighted by Gasteiger charge is -2.10. The second-order valence-corrected chi connectivity index (χ2v) is 5.35. The van der Waals surface area contributed by atoms with E-state index >= 15 is 0 Å². The molecule has 0 atom stereocenters. The lowest BCUT2D eigenvalue weighted by Crippen LogP contribution is -2.06. The summed E-state index contributed by atoms with van der Waals surface area (Å²) in [6, 6.07) is 13.2. The van der Waals surface area contributed by atoms with Crippen LogP contribution in [0.1, 0.15) is 44.4 Å². The average molecular weight is 270 g/mol. The van der Waals surface area contributed by atoms with Crippen molar-refractivity contribution in [3.63, 3.8) is 0 Å². The predicted octanol–water partition coefficient (Wildman–Crippen LogP) is 4.85. The summed E-state index contributed by atoms with van der Waals surface area (Å²) < 4.78 is 2.32. The van der Waals surface area contributed by atoms with Gasteiger partial charge in [0.25, 0.3) is 0 Å². The molecule has 0 radical (unpaired) electrons. The van der Waals surface area contributed by atoms with E-state index in [0.29, 0.717) is 0 Å². The van der Waals surface area contributed by atoms with Crippen LogP contribution in [0.2, 0.25) is 0 Å². The van der Waals surface area contributed by atoms with E-state index in [2.05, 4.69) is 66.3 Å². The van der Waals surface area contributed by atoms with Gasteiger partial charge in [-0.1, -0.05) is 32.4 Å². The maximum atomic E-state index is 3.51. The van der Waals surface area contributed by atoms with E-state index in [9.17, 15) is 0 Å². The van der Waals surface area contributed by atoms with Crippen molar-refractivity contribution in [2.45, 2.75) is 52.6 Å². The van der Waals surface area contributed by atoms with Crippen LogP contribution in [0.25, 0.3) is 0 Å². The first-order valence-electron chi connectivity index (χ1n) is 7.80. The van der Waals surface area contributed by atoms with Crippen LogP contribution in [0.15, 0.2) is 42.6 Å². The Morgan fingerprint density at radius 2 is 1.80 bits per heavy atom. The Morgan fingerprint density at radius 3 is 2.50 bits per heavy atom. The normalized spacial score (nSPS) is 10.7. The molecule has 0 fully saturated rings. The van der Waals surface area contributed by atoms with Crippen LogP contribution >= 0.6 is 0 Å². The molecule has 1 heterocycles. The highest BCUT2D eigenvalue weighted by Crippen LogP contribution is 2.13. The van der Waals surface area contributed by atoms with E-state index in [1.807, 2.05) is 0 Å². The highest BCUT2D eigenvalue weighted by Gasteiger charge is 2.00. The van der Waals surface area contributed by atoms with E-state index in [1.54, 1.807) is 0 Å². The molecule has 0 unspecified atom stereocenters. The minimum atomic E-state index is 0.890. The molecular formula is C18H26N2. The highest BCUT2D eigenvalue weighted by atomic mass is 15.0. The van der Waals surface area contributed by atoms with Crippen molar-refractivity contribution in [3.05, 3.63) is 53.9 Å². The zero-order valence-corrected chi connectivity index (χ0v) is 12.7. The van der Waals surface area contributed by atoms with Crippen molar-refractivity contribution in [3.8, 4) is 0 Å². The molecule has 108 valence electrons. The number of aromatic nitrogens is 1. The predicted molar refractivity (Wildman–Crippen MR) is 87.1 cm³/mol. The Hall–Kier alpha value is -1.70. The van der Waals surface area contributed by atoms with Crippen LogP contribution in [0.5, 0.6) is 0 Å². The number of unbranched alkanes of at least 4 members (excludes halogenated alkanes) is 1. The summed E-state index contributed by atoms with van der Waals surface area (Å²) in [4.78, 5) is 0. The first-order valence-corrected chi connectivity index (χ1v) is 7.80. The van der Waals surface area contributed by atoms with Gasteiger partial charge in [-0.15, -0.1) is 0 Å². The topological polar surface area (TPSA) is 17.0 Å². The quantitative estimate of drug-likeness (QED) is 0.725. The zero-order chi connectivity index (χ0) is 14.2. The van der Waals surface area contributed by atoms with E-state index in [4.69, 9.17) is 0 Å². The molecule has 1 aromatic carbocycles. The molecular weight excluding hydrogens is 244 g/mol. The average Bonchev–Trinajstić information content (AvgIpc) is 2.92. The lowest BCUT2D eigenvalue weighted by atomic mass is 10.1. The van der Waals surface area contributed by atoms with Crippen LogP contribution in [0.3, 0.4) is 0 Å². The van der Waals surface area contributed by atoms with Gasteiger partial charge in [-0.05, 0) is 49.1 Å². The van der Waals surface area contributed by atoms with Crippen LogP contribution in [0.4, 0.5) is 5.69 Å². The molecule has 2 rings (SSSR count).